The van der Waals surface area contributed by atoms with Gasteiger partial charge in [0.2, 0.25) is 11.8 Å². The highest BCUT2D eigenvalue weighted by atomic mass is 16.5. The Bertz CT molecular complexity index is 750. The van der Waals surface area contributed by atoms with Gasteiger partial charge in [-0.25, -0.2) is 0 Å². The number of hydrogen-bond donors (Lipinski definition) is 2. The number of hydrogen-bond acceptors (Lipinski definition) is 3. The summed E-state index contributed by atoms with van der Waals surface area (Å²) in [7, 11) is 1.61. The van der Waals surface area contributed by atoms with E-state index < -0.39 is 0 Å². The lowest BCUT2D eigenvalue weighted by Crippen LogP contribution is -2.29. The van der Waals surface area contributed by atoms with Gasteiger partial charge >= 0.3 is 0 Å². The van der Waals surface area contributed by atoms with Crippen molar-refractivity contribution in [3.05, 3.63) is 71.3 Å². The Kier molecular flexibility index (Phi) is 7.43. The van der Waals surface area contributed by atoms with Crippen LogP contribution in [0, 0.1) is 6.92 Å². The molecule has 0 fully saturated rings. The van der Waals surface area contributed by atoms with E-state index in [0.717, 1.165) is 16.9 Å². The van der Waals surface area contributed by atoms with Gasteiger partial charge in [-0.3, -0.25) is 9.59 Å². The number of carbonyl (C=O) groups excluding carboxylic acids is 2. The van der Waals surface area contributed by atoms with Crippen molar-refractivity contribution < 1.29 is 14.3 Å². The molecule has 0 heterocycles. The van der Waals surface area contributed by atoms with E-state index in [4.69, 9.17) is 4.74 Å². The maximum atomic E-state index is 11.8. The Labute approximate surface area is 154 Å². The van der Waals surface area contributed by atoms with Crippen LogP contribution < -0.4 is 15.4 Å². The van der Waals surface area contributed by atoms with Crippen molar-refractivity contribution in [2.75, 3.05) is 13.7 Å². The highest BCUT2D eigenvalue weighted by molar-refractivity contribution is 5.92. The zero-order valence-corrected chi connectivity index (χ0v) is 15.1. The molecule has 5 heteroatoms. The molecular formula is C21H24N2O3. The summed E-state index contributed by atoms with van der Waals surface area (Å²) in [5, 5.41) is 5.54. The first kappa shape index (κ1) is 19.2. The lowest BCUT2D eigenvalue weighted by atomic mass is 10.1. The van der Waals surface area contributed by atoms with Crippen LogP contribution >= 0.6 is 0 Å². The first-order valence-electron chi connectivity index (χ1n) is 8.49. The molecule has 2 aromatic rings. The second kappa shape index (κ2) is 10.0. The zero-order valence-electron chi connectivity index (χ0n) is 15.1. The van der Waals surface area contributed by atoms with Crippen LogP contribution in [0.3, 0.4) is 0 Å². The second-order valence-corrected chi connectivity index (χ2v) is 5.91. The molecule has 0 saturated heterocycles. The van der Waals surface area contributed by atoms with Crippen LogP contribution in [0.4, 0.5) is 0 Å². The maximum Gasteiger partial charge on any atom is 0.244 e. The Hall–Kier alpha value is -3.08. The molecule has 0 aromatic heterocycles. The van der Waals surface area contributed by atoms with Crippen molar-refractivity contribution >= 4 is 17.9 Å². The molecule has 5 nitrogen and oxygen atoms in total. The molecule has 26 heavy (non-hydrogen) atoms. The smallest absolute Gasteiger partial charge is 0.244 e. The molecule has 0 bridgehead atoms. The van der Waals surface area contributed by atoms with Gasteiger partial charge in [0.25, 0.3) is 0 Å². The summed E-state index contributed by atoms with van der Waals surface area (Å²) in [6.07, 6.45) is 3.41. The minimum Gasteiger partial charge on any atom is -0.497 e. The van der Waals surface area contributed by atoms with E-state index in [1.807, 2.05) is 55.5 Å². The van der Waals surface area contributed by atoms with Gasteiger partial charge in [0.15, 0.2) is 0 Å². The Morgan fingerprint density at radius 3 is 2.35 bits per heavy atom. The van der Waals surface area contributed by atoms with Crippen LogP contribution in [0.2, 0.25) is 0 Å². The molecule has 0 unspecified atom stereocenters. The summed E-state index contributed by atoms with van der Waals surface area (Å²) in [4.78, 5) is 23.6. The molecule has 0 radical (unpaired) electrons. The number of carbonyl (C=O) groups is 2. The van der Waals surface area contributed by atoms with E-state index in [1.165, 1.54) is 11.6 Å². The van der Waals surface area contributed by atoms with Crippen molar-refractivity contribution in [1.29, 1.82) is 0 Å². The Morgan fingerprint density at radius 2 is 1.69 bits per heavy atom. The standard InChI is InChI=1S/C21H24N2O3/c1-16-3-5-18(6-4-16)15-23-21(25)13-14-22-20(24)12-9-17-7-10-19(26-2)11-8-17/h3-12H,13-15H2,1-2H3,(H,22,24)(H,23,25)/b12-9+. The number of benzene rings is 2. The van der Waals surface area contributed by atoms with Crippen LogP contribution in [0.5, 0.6) is 5.75 Å². The molecule has 0 aliphatic carbocycles. The Morgan fingerprint density at radius 1 is 1.00 bits per heavy atom. The summed E-state index contributed by atoms with van der Waals surface area (Å²) in [5.41, 5.74) is 3.14. The van der Waals surface area contributed by atoms with Crippen LogP contribution in [0.25, 0.3) is 6.08 Å². The fraction of sp³-hybridized carbons (Fsp3) is 0.238. The number of rotatable bonds is 8. The van der Waals surface area contributed by atoms with Gasteiger partial charge in [0, 0.05) is 25.6 Å². The van der Waals surface area contributed by atoms with Gasteiger partial charge in [-0.15, -0.1) is 0 Å². The lowest BCUT2D eigenvalue weighted by molar-refractivity contribution is -0.121. The molecule has 2 rings (SSSR count). The van der Waals surface area contributed by atoms with E-state index in [2.05, 4.69) is 10.6 Å². The fourth-order valence-electron chi connectivity index (χ4n) is 2.24. The summed E-state index contributed by atoms with van der Waals surface area (Å²) in [6, 6.07) is 15.4. The molecule has 0 aliphatic heterocycles. The number of nitrogens with one attached hydrogen (secondary N) is 2. The van der Waals surface area contributed by atoms with Crippen LogP contribution in [-0.2, 0) is 16.1 Å². The van der Waals surface area contributed by atoms with E-state index in [1.54, 1.807) is 13.2 Å². The number of ether oxygens (including phenoxy) is 1. The quantitative estimate of drug-likeness (QED) is 0.718. The molecule has 2 aromatic carbocycles. The normalized spacial score (nSPS) is 10.5. The van der Waals surface area contributed by atoms with Gasteiger partial charge < -0.3 is 15.4 Å². The third-order valence-corrected chi connectivity index (χ3v) is 3.80. The van der Waals surface area contributed by atoms with E-state index in [-0.39, 0.29) is 18.2 Å². The number of methoxy groups -OCH3 is 1. The minimum atomic E-state index is -0.229. The van der Waals surface area contributed by atoms with Crippen molar-refractivity contribution in [3.63, 3.8) is 0 Å². The van der Waals surface area contributed by atoms with Gasteiger partial charge in [-0.05, 0) is 36.3 Å². The molecule has 2 amide bonds. The maximum absolute atomic E-state index is 11.8. The van der Waals surface area contributed by atoms with Crippen LogP contribution in [0.15, 0.2) is 54.6 Å². The zero-order chi connectivity index (χ0) is 18.8. The van der Waals surface area contributed by atoms with Gasteiger partial charge in [0.1, 0.15) is 5.75 Å². The third kappa shape index (κ3) is 6.81. The van der Waals surface area contributed by atoms with Crippen molar-refractivity contribution in [2.45, 2.75) is 19.9 Å². The van der Waals surface area contributed by atoms with Crippen molar-refractivity contribution in [1.82, 2.24) is 10.6 Å². The van der Waals surface area contributed by atoms with Crippen molar-refractivity contribution in [3.8, 4) is 5.75 Å². The predicted octanol–water partition coefficient (Wildman–Crippen LogP) is 2.84. The first-order chi connectivity index (χ1) is 12.6. The van der Waals surface area contributed by atoms with E-state index >= 15 is 0 Å². The van der Waals surface area contributed by atoms with Crippen molar-refractivity contribution in [2.24, 2.45) is 0 Å². The fourth-order valence-corrected chi connectivity index (χ4v) is 2.24. The first-order valence-corrected chi connectivity index (χ1v) is 8.49. The number of amides is 2. The molecule has 0 saturated carbocycles. The molecule has 136 valence electrons. The minimum absolute atomic E-state index is 0.0926. The topological polar surface area (TPSA) is 67.4 Å². The molecule has 0 spiro atoms. The largest absolute Gasteiger partial charge is 0.497 e. The van der Waals surface area contributed by atoms with Crippen LogP contribution in [-0.4, -0.2) is 25.5 Å². The highest BCUT2D eigenvalue weighted by Gasteiger charge is 2.02. The monoisotopic (exact) mass is 352 g/mol. The SMILES string of the molecule is COc1ccc(/C=C/C(=O)NCCC(=O)NCc2ccc(C)cc2)cc1. The summed E-state index contributed by atoms with van der Waals surface area (Å²) < 4.78 is 5.08. The summed E-state index contributed by atoms with van der Waals surface area (Å²) in [6.45, 7) is 2.81. The summed E-state index contributed by atoms with van der Waals surface area (Å²) >= 11 is 0. The summed E-state index contributed by atoms with van der Waals surface area (Å²) in [5.74, 6) is 0.445. The van der Waals surface area contributed by atoms with E-state index in [9.17, 15) is 9.59 Å². The second-order valence-electron chi connectivity index (χ2n) is 5.91. The number of aryl methyl sites for hydroxylation is 1. The predicted molar refractivity (Wildman–Crippen MR) is 103 cm³/mol. The highest BCUT2D eigenvalue weighted by Crippen LogP contribution is 2.12. The molecule has 2 N–H and O–H groups in total. The average Bonchev–Trinajstić information content (AvgIpc) is 2.66. The lowest BCUT2D eigenvalue weighted by Gasteiger charge is -2.06. The third-order valence-electron chi connectivity index (χ3n) is 3.80. The Balaban J connectivity index is 1.66. The average molecular weight is 352 g/mol. The molecule has 0 atom stereocenters. The van der Waals surface area contributed by atoms with Gasteiger partial charge in [-0.2, -0.15) is 0 Å². The van der Waals surface area contributed by atoms with E-state index in [0.29, 0.717) is 13.1 Å². The molecule has 0 aliphatic rings. The molecular weight excluding hydrogens is 328 g/mol. The van der Waals surface area contributed by atoms with Crippen LogP contribution in [0.1, 0.15) is 23.1 Å². The van der Waals surface area contributed by atoms with Gasteiger partial charge in [0.05, 0.1) is 7.11 Å². The van der Waals surface area contributed by atoms with Gasteiger partial charge in [-0.1, -0.05) is 42.0 Å².